The van der Waals surface area contributed by atoms with Gasteiger partial charge in [0.15, 0.2) is 0 Å². The molecule has 2 aromatic carbocycles. The van der Waals surface area contributed by atoms with Gasteiger partial charge in [-0.3, -0.25) is 9.59 Å². The first-order valence-corrected chi connectivity index (χ1v) is 11.3. The van der Waals surface area contributed by atoms with Crippen LogP contribution in [0.5, 0.6) is 0 Å². The molecule has 0 bridgehead atoms. The van der Waals surface area contributed by atoms with E-state index in [4.69, 9.17) is 23.2 Å². The van der Waals surface area contributed by atoms with Gasteiger partial charge in [0.25, 0.3) is 5.91 Å². The fraction of sp³-hybridized carbons (Fsp3) is 0.273. The predicted molar refractivity (Wildman–Crippen MR) is 124 cm³/mol. The Morgan fingerprint density at radius 1 is 1.03 bits per heavy atom. The first kappa shape index (κ1) is 29.0. The molecule has 1 unspecified atom stereocenters. The molecular weight excluding hydrogens is 589 g/mol. The number of rotatable bonds is 7. The third-order valence-corrected chi connectivity index (χ3v) is 5.97. The summed E-state index contributed by atoms with van der Waals surface area (Å²) >= 11 is 14.8. The minimum atomic E-state index is -4.62. The number of carbonyl (C=O) groups is 2. The van der Waals surface area contributed by atoms with Gasteiger partial charge in [0.1, 0.15) is 12.6 Å². The van der Waals surface area contributed by atoms with Crippen molar-refractivity contribution in [2.45, 2.75) is 31.2 Å². The van der Waals surface area contributed by atoms with Crippen molar-refractivity contribution in [3.8, 4) is 0 Å². The van der Waals surface area contributed by atoms with Crippen LogP contribution in [0.25, 0.3) is 6.08 Å². The Balaban J connectivity index is 2.16. The Labute approximate surface area is 214 Å². The van der Waals surface area contributed by atoms with E-state index in [1.807, 2.05) is 0 Å². The van der Waals surface area contributed by atoms with E-state index < -0.39 is 42.7 Å². The summed E-state index contributed by atoms with van der Waals surface area (Å²) in [4.78, 5) is 24.1. The van der Waals surface area contributed by atoms with Crippen LogP contribution in [-0.2, 0) is 4.79 Å². The molecule has 0 heterocycles. The molecule has 2 aromatic rings. The topological polar surface area (TPSA) is 58.2 Å². The van der Waals surface area contributed by atoms with Gasteiger partial charge >= 0.3 is 12.4 Å². The minimum Gasteiger partial charge on any atom is -0.345 e. The van der Waals surface area contributed by atoms with Gasteiger partial charge in [-0.1, -0.05) is 47.5 Å². The molecule has 13 heteroatoms. The fourth-order valence-electron chi connectivity index (χ4n) is 2.82. The van der Waals surface area contributed by atoms with Crippen molar-refractivity contribution in [1.29, 1.82) is 0 Å². The highest BCUT2D eigenvalue weighted by molar-refractivity contribution is 9.10. The van der Waals surface area contributed by atoms with E-state index in [9.17, 15) is 35.9 Å². The summed E-state index contributed by atoms with van der Waals surface area (Å²) in [6, 6.07) is 6.37. The second-order valence-corrected chi connectivity index (χ2v) is 8.99. The highest BCUT2D eigenvalue weighted by Crippen LogP contribution is 2.38. The molecule has 0 aliphatic rings. The van der Waals surface area contributed by atoms with Crippen LogP contribution in [0.2, 0.25) is 10.0 Å². The van der Waals surface area contributed by atoms with Crippen LogP contribution in [0.15, 0.2) is 46.9 Å². The highest BCUT2D eigenvalue weighted by Gasteiger charge is 2.39. The van der Waals surface area contributed by atoms with E-state index in [-0.39, 0.29) is 25.6 Å². The summed E-state index contributed by atoms with van der Waals surface area (Å²) in [5.74, 6) is -3.78. The lowest BCUT2D eigenvalue weighted by atomic mass is 9.97. The van der Waals surface area contributed by atoms with E-state index in [1.54, 1.807) is 5.32 Å². The zero-order valence-corrected chi connectivity index (χ0v) is 20.8. The van der Waals surface area contributed by atoms with E-state index >= 15 is 0 Å². The van der Waals surface area contributed by atoms with Crippen molar-refractivity contribution in [2.24, 2.45) is 0 Å². The molecule has 190 valence electrons. The average Bonchev–Trinajstić information content (AvgIpc) is 2.73. The molecule has 0 saturated heterocycles. The van der Waals surface area contributed by atoms with Gasteiger partial charge in [-0.25, -0.2) is 0 Å². The lowest BCUT2D eigenvalue weighted by Gasteiger charge is -2.18. The number of alkyl halides is 6. The first-order chi connectivity index (χ1) is 16.1. The zero-order chi connectivity index (χ0) is 26.6. The third kappa shape index (κ3) is 8.73. The molecule has 4 nitrogen and oxygen atoms in total. The van der Waals surface area contributed by atoms with Gasteiger partial charge in [0.05, 0.1) is 21.5 Å². The molecule has 0 fully saturated rings. The quantitative estimate of drug-likeness (QED) is 0.337. The number of carbonyl (C=O) groups excluding carboxylic acids is 2. The molecular formula is C22H17BrCl2F6N2O2. The normalized spacial score (nSPS) is 14.0. The van der Waals surface area contributed by atoms with E-state index in [1.165, 1.54) is 43.3 Å². The van der Waals surface area contributed by atoms with Crippen molar-refractivity contribution in [3.05, 3.63) is 73.7 Å². The van der Waals surface area contributed by atoms with Gasteiger partial charge in [0.2, 0.25) is 5.91 Å². The number of allylic oxidation sites excluding steroid dienone is 1. The SMILES string of the molecule is C[C@@H](NC(=O)c1ccc(/C=C/C(c2ccc(Cl)c(Cl)c2)C(F)(F)F)cc1Br)C(=O)NCC(F)(F)F. The Hall–Kier alpha value is -2.24. The van der Waals surface area contributed by atoms with Crippen molar-refractivity contribution < 1.29 is 35.9 Å². The number of nitrogens with one attached hydrogen (secondary N) is 2. The van der Waals surface area contributed by atoms with E-state index in [0.29, 0.717) is 5.56 Å². The average molecular weight is 606 g/mol. The van der Waals surface area contributed by atoms with Crippen LogP contribution < -0.4 is 10.6 Å². The smallest absolute Gasteiger partial charge is 0.345 e. The maximum absolute atomic E-state index is 13.6. The largest absolute Gasteiger partial charge is 0.405 e. The molecule has 2 atom stereocenters. The van der Waals surface area contributed by atoms with Crippen LogP contribution >= 0.6 is 39.1 Å². The summed E-state index contributed by atoms with van der Waals surface area (Å²) in [6.07, 6.45) is -7.08. The molecule has 0 radical (unpaired) electrons. The number of amides is 2. The summed E-state index contributed by atoms with van der Waals surface area (Å²) in [5, 5.41) is 4.00. The van der Waals surface area contributed by atoms with Gasteiger partial charge < -0.3 is 10.6 Å². The Kier molecular flexibility index (Phi) is 9.66. The maximum Gasteiger partial charge on any atom is 0.405 e. The molecule has 0 aromatic heterocycles. The lowest BCUT2D eigenvalue weighted by molar-refractivity contribution is -0.139. The number of benzene rings is 2. The Morgan fingerprint density at radius 2 is 1.69 bits per heavy atom. The standard InChI is InChI=1S/C22H17BrCl2F6N2O2/c1-11(19(34)32-10-21(26,27)28)33-20(35)14-5-2-12(8-16(14)23)3-6-15(22(29,30)31)13-4-7-17(24)18(25)9-13/h2-9,11,15H,10H2,1H3,(H,32,34)(H,33,35)/b6-3+/t11-,15?/m1/s1. The van der Waals surface area contributed by atoms with E-state index in [0.717, 1.165) is 12.1 Å². The van der Waals surface area contributed by atoms with Gasteiger partial charge in [0, 0.05) is 4.47 Å². The predicted octanol–water partition coefficient (Wildman–Crippen LogP) is 6.91. The molecule has 0 saturated carbocycles. The summed E-state index contributed by atoms with van der Waals surface area (Å²) in [5.41, 5.74) is 0.226. The van der Waals surface area contributed by atoms with Crippen LogP contribution in [0, 0.1) is 0 Å². The molecule has 0 aliphatic heterocycles. The van der Waals surface area contributed by atoms with Crippen LogP contribution in [0.4, 0.5) is 26.3 Å². The Morgan fingerprint density at radius 3 is 2.23 bits per heavy atom. The Bertz CT molecular complexity index is 1120. The fourth-order valence-corrected chi connectivity index (χ4v) is 3.71. The third-order valence-electron chi connectivity index (χ3n) is 4.58. The molecule has 35 heavy (non-hydrogen) atoms. The monoisotopic (exact) mass is 604 g/mol. The van der Waals surface area contributed by atoms with Gasteiger partial charge in [-0.05, 0) is 58.2 Å². The number of hydrogen-bond acceptors (Lipinski definition) is 2. The second kappa shape index (κ2) is 11.7. The summed E-state index contributed by atoms with van der Waals surface area (Å²) in [6.45, 7) is -0.340. The van der Waals surface area contributed by atoms with Gasteiger partial charge in [-0.2, -0.15) is 26.3 Å². The molecule has 0 spiro atoms. The summed E-state index contributed by atoms with van der Waals surface area (Å²) in [7, 11) is 0. The second-order valence-electron chi connectivity index (χ2n) is 7.32. The van der Waals surface area contributed by atoms with Crippen LogP contribution in [0.3, 0.4) is 0 Å². The number of hydrogen-bond donors (Lipinski definition) is 2. The van der Waals surface area contributed by atoms with Crippen LogP contribution in [-0.4, -0.2) is 36.8 Å². The summed E-state index contributed by atoms with van der Waals surface area (Å²) < 4.78 is 77.7. The first-order valence-electron chi connectivity index (χ1n) is 9.73. The molecule has 2 N–H and O–H groups in total. The molecule has 0 aliphatic carbocycles. The zero-order valence-electron chi connectivity index (χ0n) is 17.7. The van der Waals surface area contributed by atoms with Crippen molar-refractivity contribution in [1.82, 2.24) is 10.6 Å². The van der Waals surface area contributed by atoms with Crippen LogP contribution in [0.1, 0.15) is 34.3 Å². The lowest BCUT2D eigenvalue weighted by Crippen LogP contribution is -2.47. The van der Waals surface area contributed by atoms with Crippen molar-refractivity contribution in [2.75, 3.05) is 6.54 Å². The highest BCUT2D eigenvalue weighted by atomic mass is 79.9. The van der Waals surface area contributed by atoms with Gasteiger partial charge in [-0.15, -0.1) is 0 Å². The van der Waals surface area contributed by atoms with E-state index in [2.05, 4.69) is 21.2 Å². The number of halogens is 9. The molecule has 2 rings (SSSR count). The minimum absolute atomic E-state index is 0.0220. The van der Waals surface area contributed by atoms with Crippen molar-refractivity contribution >= 4 is 57.0 Å². The maximum atomic E-state index is 13.6. The van der Waals surface area contributed by atoms with Crippen molar-refractivity contribution in [3.63, 3.8) is 0 Å². The molecule has 2 amide bonds.